The molecule has 1 heterocycles. The predicted molar refractivity (Wildman–Crippen MR) is 135 cm³/mol. The van der Waals surface area contributed by atoms with Crippen molar-refractivity contribution >= 4 is 39.0 Å². The van der Waals surface area contributed by atoms with Crippen molar-refractivity contribution < 1.29 is 40.6 Å². The first-order valence-corrected chi connectivity index (χ1v) is 13.1. The molecule has 6 nitrogen and oxygen atoms in total. The van der Waals surface area contributed by atoms with Gasteiger partial charge < -0.3 is 14.6 Å². The Hall–Kier alpha value is -3.28. The van der Waals surface area contributed by atoms with E-state index in [1.54, 1.807) is 19.1 Å². The molecule has 0 radical (unpaired) electrons. The van der Waals surface area contributed by atoms with Crippen molar-refractivity contribution in [2.45, 2.75) is 18.0 Å². The summed E-state index contributed by atoms with van der Waals surface area (Å²) in [5.74, 6) is -0.666. The second-order valence-corrected chi connectivity index (χ2v) is 10.5. The van der Waals surface area contributed by atoms with Crippen LogP contribution < -0.4 is 13.8 Å². The summed E-state index contributed by atoms with van der Waals surface area (Å²) in [6, 6.07) is 11.0. The summed E-state index contributed by atoms with van der Waals surface area (Å²) in [6.07, 6.45) is -3.20. The van der Waals surface area contributed by atoms with Crippen molar-refractivity contribution in [3.05, 3.63) is 82.1 Å². The van der Waals surface area contributed by atoms with Crippen molar-refractivity contribution in [1.82, 2.24) is 0 Å². The van der Waals surface area contributed by atoms with Gasteiger partial charge in [-0.3, -0.25) is 4.31 Å². The number of hydrogen-bond donors (Lipinski definition) is 1. The second-order valence-electron chi connectivity index (χ2n) is 8.31. The van der Waals surface area contributed by atoms with Crippen LogP contribution in [-0.4, -0.2) is 39.9 Å². The molecule has 12 heteroatoms. The van der Waals surface area contributed by atoms with Gasteiger partial charge in [0.1, 0.15) is 35.4 Å². The number of benzene rings is 3. The molecule has 4 rings (SSSR count). The van der Waals surface area contributed by atoms with Crippen LogP contribution >= 0.6 is 11.6 Å². The molecule has 3 aromatic rings. The van der Waals surface area contributed by atoms with Crippen LogP contribution in [0.3, 0.4) is 0 Å². The van der Waals surface area contributed by atoms with Crippen molar-refractivity contribution in [3.8, 4) is 11.5 Å². The van der Waals surface area contributed by atoms with Gasteiger partial charge in [0.25, 0.3) is 10.0 Å². The third-order valence-electron chi connectivity index (χ3n) is 5.73. The Balaban J connectivity index is 1.80. The smallest absolute Gasteiger partial charge is 0.416 e. The van der Waals surface area contributed by atoms with Crippen LogP contribution in [-0.2, 0) is 16.2 Å². The number of nitrogens with zero attached hydrogens (tertiary/aromatic N) is 1. The number of anilines is 1. The first-order chi connectivity index (χ1) is 17.9. The van der Waals surface area contributed by atoms with Crippen molar-refractivity contribution in [1.29, 1.82) is 0 Å². The van der Waals surface area contributed by atoms with E-state index in [1.807, 2.05) is 0 Å². The number of allylic oxidation sites excluding steroid dienone is 1. The fourth-order valence-corrected chi connectivity index (χ4v) is 5.95. The number of hydrogen-bond acceptors (Lipinski definition) is 5. The van der Waals surface area contributed by atoms with Gasteiger partial charge in [0.05, 0.1) is 29.4 Å². The number of rotatable bonds is 7. The fourth-order valence-electron chi connectivity index (χ4n) is 4.03. The molecule has 0 amide bonds. The lowest BCUT2D eigenvalue weighted by Gasteiger charge is -2.31. The Kier molecular flexibility index (Phi) is 7.91. The maximum Gasteiger partial charge on any atom is 0.416 e. The molecule has 0 unspecified atom stereocenters. The van der Waals surface area contributed by atoms with Gasteiger partial charge in [-0.15, -0.1) is 0 Å². The van der Waals surface area contributed by atoms with Crippen molar-refractivity contribution in [2.24, 2.45) is 0 Å². The van der Waals surface area contributed by atoms with Crippen LogP contribution in [0.5, 0.6) is 11.5 Å². The summed E-state index contributed by atoms with van der Waals surface area (Å²) >= 11 is 6.16. The van der Waals surface area contributed by atoms with Gasteiger partial charge in [0, 0.05) is 5.56 Å². The van der Waals surface area contributed by atoms with Crippen LogP contribution in [0.2, 0.25) is 5.02 Å². The minimum Gasteiger partial charge on any atom is -0.490 e. The van der Waals surface area contributed by atoms with Gasteiger partial charge in [0.15, 0.2) is 0 Å². The van der Waals surface area contributed by atoms with E-state index in [0.29, 0.717) is 23.3 Å². The monoisotopic (exact) mass is 571 g/mol. The summed E-state index contributed by atoms with van der Waals surface area (Å²) in [7, 11) is -4.59. The summed E-state index contributed by atoms with van der Waals surface area (Å²) in [4.78, 5) is -0.705. The van der Waals surface area contributed by atoms with Crippen LogP contribution in [0.1, 0.15) is 23.6 Å². The van der Waals surface area contributed by atoms with Gasteiger partial charge >= 0.3 is 6.18 Å². The zero-order valence-corrected chi connectivity index (χ0v) is 21.5. The molecule has 0 fully saturated rings. The van der Waals surface area contributed by atoms with E-state index in [0.717, 1.165) is 10.4 Å². The minimum atomic E-state index is -4.80. The molecule has 0 bridgehead atoms. The highest BCUT2D eigenvalue weighted by molar-refractivity contribution is 7.93. The van der Waals surface area contributed by atoms with E-state index in [1.165, 1.54) is 30.3 Å². The first kappa shape index (κ1) is 27.7. The average Bonchev–Trinajstić information content (AvgIpc) is 2.86. The molecule has 0 atom stereocenters. The minimum absolute atomic E-state index is 0.0446. The molecule has 1 aliphatic heterocycles. The van der Waals surface area contributed by atoms with Crippen LogP contribution in [0.15, 0.2) is 59.5 Å². The summed E-state index contributed by atoms with van der Waals surface area (Å²) in [6.45, 7) is 0.623. The van der Waals surface area contributed by atoms with E-state index < -0.39 is 39.1 Å². The normalized spacial score (nSPS) is 14.2. The molecule has 0 aromatic heterocycles. The molecule has 1 N–H and O–H groups in total. The number of aliphatic hydroxyl groups excluding tert-OH is 1. The number of sulfonamides is 1. The second kappa shape index (κ2) is 10.8. The fraction of sp³-hybridized carbons (Fsp3) is 0.231. The first-order valence-electron chi connectivity index (χ1n) is 11.3. The molecule has 0 aliphatic carbocycles. The van der Waals surface area contributed by atoms with Crippen LogP contribution in [0.25, 0.3) is 11.6 Å². The number of fused-ring (bicyclic) bond motifs is 1. The van der Waals surface area contributed by atoms with E-state index >= 15 is 0 Å². The maximum absolute atomic E-state index is 14.4. The topological polar surface area (TPSA) is 76.1 Å². The zero-order chi connectivity index (χ0) is 27.7. The molecule has 202 valence electrons. The van der Waals surface area contributed by atoms with Gasteiger partial charge in [-0.05, 0) is 60.5 Å². The maximum atomic E-state index is 14.4. The third-order valence-corrected chi connectivity index (χ3v) is 7.88. The summed E-state index contributed by atoms with van der Waals surface area (Å²) < 4.78 is 94.0. The van der Waals surface area contributed by atoms with Gasteiger partial charge in [-0.2, -0.15) is 13.2 Å². The van der Waals surface area contributed by atoms with Crippen molar-refractivity contribution in [2.75, 3.05) is 30.7 Å². The van der Waals surface area contributed by atoms with Gasteiger partial charge in [0.2, 0.25) is 0 Å². The number of ether oxygens (including phenoxy) is 2. The molecule has 0 saturated heterocycles. The van der Waals surface area contributed by atoms with Crippen LogP contribution in [0, 0.1) is 5.82 Å². The Morgan fingerprint density at radius 1 is 1.18 bits per heavy atom. The van der Waals surface area contributed by atoms with Crippen molar-refractivity contribution in [3.63, 3.8) is 0 Å². The van der Waals surface area contributed by atoms with E-state index in [-0.39, 0.29) is 47.5 Å². The Bertz CT molecular complexity index is 1470. The predicted octanol–water partition coefficient (Wildman–Crippen LogP) is 6.02. The average molecular weight is 572 g/mol. The largest absolute Gasteiger partial charge is 0.490 e. The number of alkyl halides is 3. The molecule has 0 saturated carbocycles. The lowest BCUT2D eigenvalue weighted by Crippen LogP contribution is -2.38. The molecule has 0 spiro atoms. The lowest BCUT2D eigenvalue weighted by molar-refractivity contribution is -0.137. The summed E-state index contributed by atoms with van der Waals surface area (Å²) in [5.41, 5.74) is 0.0454. The third kappa shape index (κ3) is 5.59. The number of halogens is 5. The Morgan fingerprint density at radius 2 is 1.95 bits per heavy atom. The molecule has 1 aliphatic rings. The molecule has 3 aromatic carbocycles. The van der Waals surface area contributed by atoms with Gasteiger partial charge in [-0.1, -0.05) is 29.8 Å². The molecule has 38 heavy (non-hydrogen) atoms. The van der Waals surface area contributed by atoms with E-state index in [4.69, 9.17) is 26.2 Å². The van der Waals surface area contributed by atoms with E-state index in [9.17, 15) is 26.0 Å². The highest BCUT2D eigenvalue weighted by Crippen LogP contribution is 2.41. The molecular weight excluding hydrogens is 550 g/mol. The number of aliphatic hydroxyl groups is 1. The highest BCUT2D eigenvalue weighted by Gasteiger charge is 2.37. The Morgan fingerprint density at radius 3 is 2.63 bits per heavy atom. The molecular formula is C26H22ClF4NO5S. The quantitative estimate of drug-likeness (QED) is 0.277. The van der Waals surface area contributed by atoms with Gasteiger partial charge in [-0.25, -0.2) is 12.8 Å². The van der Waals surface area contributed by atoms with Crippen LogP contribution in [0.4, 0.5) is 23.2 Å². The standard InChI is InChI=1S/C26H22ClF4NO5S/c1-16(25-19(27)3-2-4-20(25)28)13-17-5-7-22-21(14-17)32(9-11-36-22)38(34,35)24-15-18(26(29,30)31)6-8-23(24)37-12-10-33/h2-8,13-15,33H,9-12H2,1H3/b16-13+. The SMILES string of the molecule is C/C(=C\c1ccc2c(c1)N(S(=O)(=O)c1cc(C(F)(F)F)ccc1OCCO)CCO2)c1c(F)cccc1Cl. The zero-order valence-electron chi connectivity index (χ0n) is 19.9. The summed E-state index contributed by atoms with van der Waals surface area (Å²) in [5, 5.41) is 9.28. The Labute approximate surface area is 221 Å². The highest BCUT2D eigenvalue weighted by atomic mass is 35.5. The lowest BCUT2D eigenvalue weighted by atomic mass is 10.0. The van der Waals surface area contributed by atoms with E-state index in [2.05, 4.69) is 0 Å².